The summed E-state index contributed by atoms with van der Waals surface area (Å²) in [6.45, 7) is 1.03. The van der Waals surface area contributed by atoms with Gasteiger partial charge in [0.15, 0.2) is 0 Å². The Bertz CT molecular complexity index is 1230. The molecule has 0 aliphatic carbocycles. The summed E-state index contributed by atoms with van der Waals surface area (Å²) in [5.74, 6) is -0.491. The molecule has 1 atom stereocenters. The Balaban J connectivity index is 1.37. The van der Waals surface area contributed by atoms with Crippen molar-refractivity contribution in [1.29, 1.82) is 0 Å². The summed E-state index contributed by atoms with van der Waals surface area (Å²) >= 11 is 6.17. The monoisotopic (exact) mass is 473 g/mol. The van der Waals surface area contributed by atoms with E-state index in [0.29, 0.717) is 23.7 Å². The first-order valence-electron chi connectivity index (χ1n) is 10.9. The third kappa shape index (κ3) is 6.30. The minimum Gasteiger partial charge on any atom is -0.352 e. The number of carbonyl (C=O) groups is 2. The fourth-order valence-corrected chi connectivity index (χ4v) is 3.76. The predicted octanol–water partition coefficient (Wildman–Crippen LogP) is 4.16. The van der Waals surface area contributed by atoms with Gasteiger partial charge < -0.3 is 10.6 Å². The van der Waals surface area contributed by atoms with Gasteiger partial charge in [-0.05, 0) is 28.8 Å². The zero-order chi connectivity index (χ0) is 23.8. The Morgan fingerprint density at radius 3 is 2.32 bits per heavy atom. The average Bonchev–Trinajstić information content (AvgIpc) is 3.37. The molecule has 4 rings (SSSR count). The van der Waals surface area contributed by atoms with Crippen molar-refractivity contribution < 1.29 is 9.59 Å². The number of carbonyl (C=O) groups excluding carboxylic acids is 2. The van der Waals surface area contributed by atoms with Crippen molar-refractivity contribution in [1.82, 2.24) is 25.4 Å². The first-order valence-corrected chi connectivity index (χ1v) is 11.2. The Kier molecular flexibility index (Phi) is 7.67. The summed E-state index contributed by atoms with van der Waals surface area (Å²) in [5.41, 5.74) is 3.28. The number of halogens is 1. The minimum absolute atomic E-state index is 0.102. The highest BCUT2D eigenvalue weighted by Gasteiger charge is 2.20. The topological polar surface area (TPSA) is 88.9 Å². The van der Waals surface area contributed by atoms with Crippen LogP contribution in [0.25, 0.3) is 0 Å². The number of rotatable bonds is 9. The minimum atomic E-state index is -0.491. The number of hydrogen-bond acceptors (Lipinski definition) is 4. The molecule has 0 radical (unpaired) electrons. The summed E-state index contributed by atoms with van der Waals surface area (Å²) in [6.07, 6.45) is 3.27. The molecule has 2 amide bonds. The fourth-order valence-electron chi connectivity index (χ4n) is 3.54. The Morgan fingerprint density at radius 1 is 0.912 bits per heavy atom. The molecule has 1 aromatic heterocycles. The largest absolute Gasteiger partial charge is 0.352 e. The van der Waals surface area contributed by atoms with Crippen LogP contribution in [-0.2, 0) is 17.9 Å². The Hall–Kier alpha value is -3.97. The van der Waals surface area contributed by atoms with E-state index < -0.39 is 6.04 Å². The molecule has 3 aromatic carbocycles. The lowest BCUT2D eigenvalue weighted by atomic mass is 10.0. The maximum absolute atomic E-state index is 12.8. The lowest BCUT2D eigenvalue weighted by molar-refractivity contribution is -0.121. The highest BCUT2D eigenvalue weighted by Crippen LogP contribution is 2.20. The number of hydrogen-bond donors (Lipinski definition) is 2. The van der Waals surface area contributed by atoms with E-state index in [0.717, 1.165) is 16.7 Å². The lowest BCUT2D eigenvalue weighted by Crippen LogP contribution is -2.33. The van der Waals surface area contributed by atoms with Gasteiger partial charge in [0.05, 0.1) is 29.6 Å². The normalized spacial score (nSPS) is 11.6. The van der Waals surface area contributed by atoms with Crippen LogP contribution in [0.5, 0.6) is 0 Å². The number of aromatic nitrogens is 3. The van der Waals surface area contributed by atoms with E-state index in [1.807, 2.05) is 54.6 Å². The number of nitrogens with zero attached hydrogens (tertiary/aromatic N) is 3. The molecule has 0 bridgehead atoms. The van der Waals surface area contributed by atoms with Crippen molar-refractivity contribution >= 4 is 23.4 Å². The van der Waals surface area contributed by atoms with Gasteiger partial charge in [-0.25, -0.2) is 9.67 Å². The summed E-state index contributed by atoms with van der Waals surface area (Å²) in [6, 6.07) is 23.7. The van der Waals surface area contributed by atoms with Gasteiger partial charge in [0.25, 0.3) is 5.91 Å². The smallest absolute Gasteiger partial charge is 0.253 e. The highest BCUT2D eigenvalue weighted by atomic mass is 35.5. The van der Waals surface area contributed by atoms with Crippen molar-refractivity contribution in [2.45, 2.75) is 25.6 Å². The molecule has 0 spiro atoms. The molecule has 0 aliphatic rings. The molecule has 7 nitrogen and oxygen atoms in total. The molecule has 0 fully saturated rings. The number of nitrogens with one attached hydrogen (secondary N) is 2. The Morgan fingerprint density at radius 2 is 1.62 bits per heavy atom. The maximum atomic E-state index is 12.8. The van der Waals surface area contributed by atoms with Gasteiger partial charge in [-0.2, -0.15) is 5.10 Å². The van der Waals surface area contributed by atoms with Gasteiger partial charge >= 0.3 is 0 Å². The average molecular weight is 474 g/mol. The molecule has 172 valence electrons. The van der Waals surface area contributed by atoms with E-state index in [9.17, 15) is 9.59 Å². The zero-order valence-electron chi connectivity index (χ0n) is 18.4. The lowest BCUT2D eigenvalue weighted by Gasteiger charge is -2.19. The van der Waals surface area contributed by atoms with E-state index in [1.54, 1.807) is 35.3 Å². The quantitative estimate of drug-likeness (QED) is 0.382. The fraction of sp³-hybridized carbons (Fsp3) is 0.154. The van der Waals surface area contributed by atoms with Crippen LogP contribution in [-0.4, -0.2) is 26.6 Å². The van der Waals surface area contributed by atoms with Crippen LogP contribution < -0.4 is 10.6 Å². The summed E-state index contributed by atoms with van der Waals surface area (Å²) in [5, 5.41) is 10.4. The van der Waals surface area contributed by atoms with E-state index in [2.05, 4.69) is 20.7 Å². The van der Waals surface area contributed by atoms with Crippen molar-refractivity contribution in [3.05, 3.63) is 119 Å². The summed E-state index contributed by atoms with van der Waals surface area (Å²) in [4.78, 5) is 29.5. The molecule has 34 heavy (non-hydrogen) atoms. The summed E-state index contributed by atoms with van der Waals surface area (Å²) < 4.78 is 1.75. The molecule has 2 N–H and O–H groups in total. The van der Waals surface area contributed by atoms with Crippen LogP contribution >= 0.6 is 11.6 Å². The number of benzene rings is 3. The SMILES string of the molecule is O=C(CC(NC(=O)c1ccccc1Cl)c1ccccc1)NCc1ccc(Cn2cncn2)cc1. The van der Waals surface area contributed by atoms with Gasteiger partial charge in [0, 0.05) is 6.54 Å². The van der Waals surface area contributed by atoms with Crippen LogP contribution in [0, 0.1) is 0 Å². The van der Waals surface area contributed by atoms with Gasteiger partial charge in [-0.1, -0.05) is 78.3 Å². The standard InChI is InChI=1S/C26H24ClN5O2/c27-23-9-5-4-8-22(23)26(34)31-24(21-6-2-1-3-7-21)14-25(33)29-15-19-10-12-20(13-11-19)16-32-18-28-17-30-32/h1-13,17-18,24H,14-16H2,(H,29,33)(H,31,34). The molecular weight excluding hydrogens is 450 g/mol. The third-order valence-corrected chi connectivity index (χ3v) is 5.67. The summed E-state index contributed by atoms with van der Waals surface area (Å²) in [7, 11) is 0. The molecule has 0 saturated heterocycles. The van der Waals surface area contributed by atoms with Crippen molar-refractivity contribution in [2.75, 3.05) is 0 Å². The van der Waals surface area contributed by atoms with E-state index in [1.165, 1.54) is 6.33 Å². The van der Waals surface area contributed by atoms with E-state index in [-0.39, 0.29) is 18.2 Å². The number of amides is 2. The van der Waals surface area contributed by atoms with E-state index >= 15 is 0 Å². The molecular formula is C26H24ClN5O2. The third-order valence-electron chi connectivity index (χ3n) is 5.34. The van der Waals surface area contributed by atoms with Gasteiger partial charge in [0.1, 0.15) is 12.7 Å². The van der Waals surface area contributed by atoms with Crippen LogP contribution in [0.15, 0.2) is 91.5 Å². The zero-order valence-corrected chi connectivity index (χ0v) is 19.2. The second-order valence-corrected chi connectivity index (χ2v) is 8.21. The van der Waals surface area contributed by atoms with Crippen LogP contribution in [0.2, 0.25) is 5.02 Å². The second kappa shape index (κ2) is 11.2. The van der Waals surface area contributed by atoms with Crippen LogP contribution in [0.4, 0.5) is 0 Å². The van der Waals surface area contributed by atoms with Crippen molar-refractivity contribution in [3.8, 4) is 0 Å². The van der Waals surface area contributed by atoms with E-state index in [4.69, 9.17) is 11.6 Å². The Labute approximate surface area is 202 Å². The molecule has 4 aromatic rings. The van der Waals surface area contributed by atoms with Crippen LogP contribution in [0.1, 0.15) is 39.5 Å². The molecule has 1 heterocycles. The first-order chi connectivity index (χ1) is 16.6. The van der Waals surface area contributed by atoms with Gasteiger partial charge in [-0.15, -0.1) is 0 Å². The maximum Gasteiger partial charge on any atom is 0.253 e. The van der Waals surface area contributed by atoms with Crippen molar-refractivity contribution in [3.63, 3.8) is 0 Å². The highest BCUT2D eigenvalue weighted by molar-refractivity contribution is 6.33. The predicted molar refractivity (Wildman–Crippen MR) is 130 cm³/mol. The second-order valence-electron chi connectivity index (χ2n) is 7.81. The molecule has 0 saturated carbocycles. The molecule has 0 aliphatic heterocycles. The van der Waals surface area contributed by atoms with Gasteiger partial charge in [-0.3, -0.25) is 9.59 Å². The van der Waals surface area contributed by atoms with Gasteiger partial charge in [0.2, 0.25) is 5.91 Å². The molecule has 8 heteroatoms. The first kappa shape index (κ1) is 23.2. The van der Waals surface area contributed by atoms with Crippen LogP contribution in [0.3, 0.4) is 0 Å². The molecule has 1 unspecified atom stereocenters. The van der Waals surface area contributed by atoms with Crippen molar-refractivity contribution in [2.24, 2.45) is 0 Å².